The normalized spacial score (nSPS) is 10.3. The summed E-state index contributed by atoms with van der Waals surface area (Å²) in [5.41, 5.74) is 4.95. The Bertz CT molecular complexity index is 606. The number of methoxy groups -OCH3 is 1. The standard InChI is InChI=1S/C17H19NO2/c1-4-5-15-12(2)10-14(11-16(15)17(19)20-3)13-6-8-18-9-7-13/h6-11H,4-5H2,1-3H3. The first-order chi connectivity index (χ1) is 9.67. The lowest BCUT2D eigenvalue weighted by Crippen LogP contribution is -2.08. The van der Waals surface area contributed by atoms with Crippen LogP contribution < -0.4 is 0 Å². The van der Waals surface area contributed by atoms with Crippen molar-refractivity contribution in [2.45, 2.75) is 26.7 Å². The molecule has 0 amide bonds. The molecule has 20 heavy (non-hydrogen) atoms. The molecule has 0 saturated heterocycles. The lowest BCUT2D eigenvalue weighted by atomic mass is 9.93. The number of aryl methyl sites for hydroxylation is 1. The second kappa shape index (κ2) is 6.33. The van der Waals surface area contributed by atoms with Gasteiger partial charge in [-0.1, -0.05) is 19.4 Å². The van der Waals surface area contributed by atoms with Gasteiger partial charge in [0.1, 0.15) is 0 Å². The van der Waals surface area contributed by atoms with E-state index < -0.39 is 0 Å². The summed E-state index contributed by atoms with van der Waals surface area (Å²) in [6.07, 6.45) is 5.39. The molecule has 0 aliphatic rings. The molecule has 0 aliphatic carbocycles. The van der Waals surface area contributed by atoms with E-state index in [0.717, 1.165) is 35.1 Å². The second-order valence-corrected chi connectivity index (χ2v) is 4.80. The highest BCUT2D eigenvalue weighted by Gasteiger charge is 2.15. The van der Waals surface area contributed by atoms with Crippen molar-refractivity contribution in [1.29, 1.82) is 0 Å². The molecule has 0 atom stereocenters. The second-order valence-electron chi connectivity index (χ2n) is 4.80. The van der Waals surface area contributed by atoms with E-state index in [-0.39, 0.29) is 5.97 Å². The molecule has 2 rings (SSSR count). The van der Waals surface area contributed by atoms with Crippen molar-refractivity contribution >= 4 is 5.97 Å². The van der Waals surface area contributed by atoms with Crippen LogP contribution in [0.2, 0.25) is 0 Å². The van der Waals surface area contributed by atoms with E-state index in [0.29, 0.717) is 5.56 Å². The first kappa shape index (κ1) is 14.3. The number of hydrogen-bond donors (Lipinski definition) is 0. The minimum atomic E-state index is -0.271. The molecule has 1 heterocycles. The smallest absolute Gasteiger partial charge is 0.338 e. The third-order valence-corrected chi connectivity index (χ3v) is 3.39. The summed E-state index contributed by atoms with van der Waals surface area (Å²) in [5, 5.41) is 0. The predicted octanol–water partition coefficient (Wildman–Crippen LogP) is 3.80. The Hall–Kier alpha value is -2.16. The summed E-state index contributed by atoms with van der Waals surface area (Å²) in [7, 11) is 1.42. The fraction of sp³-hybridized carbons (Fsp3) is 0.294. The fourth-order valence-electron chi connectivity index (χ4n) is 2.40. The maximum Gasteiger partial charge on any atom is 0.338 e. The average Bonchev–Trinajstić information content (AvgIpc) is 2.49. The van der Waals surface area contributed by atoms with Crippen LogP contribution in [0.5, 0.6) is 0 Å². The summed E-state index contributed by atoms with van der Waals surface area (Å²) < 4.78 is 4.92. The molecule has 0 aliphatic heterocycles. The van der Waals surface area contributed by atoms with Gasteiger partial charge in [0.05, 0.1) is 12.7 Å². The van der Waals surface area contributed by atoms with Gasteiger partial charge in [0.15, 0.2) is 0 Å². The highest BCUT2D eigenvalue weighted by Crippen LogP contribution is 2.26. The minimum Gasteiger partial charge on any atom is -0.465 e. The number of rotatable bonds is 4. The zero-order chi connectivity index (χ0) is 14.5. The SMILES string of the molecule is CCCc1c(C)cc(-c2ccncc2)cc1C(=O)OC. The Morgan fingerprint density at radius 3 is 2.50 bits per heavy atom. The van der Waals surface area contributed by atoms with Gasteiger partial charge < -0.3 is 4.74 Å². The topological polar surface area (TPSA) is 39.2 Å². The molecule has 1 aromatic heterocycles. The summed E-state index contributed by atoms with van der Waals surface area (Å²) in [6.45, 7) is 4.15. The van der Waals surface area contributed by atoms with Crippen molar-refractivity contribution in [3.8, 4) is 11.1 Å². The average molecular weight is 269 g/mol. The largest absolute Gasteiger partial charge is 0.465 e. The number of ether oxygens (including phenoxy) is 1. The molecular formula is C17H19NO2. The summed E-state index contributed by atoms with van der Waals surface area (Å²) in [6, 6.07) is 7.91. The number of pyridine rings is 1. The van der Waals surface area contributed by atoms with Gasteiger partial charge in [0.25, 0.3) is 0 Å². The Morgan fingerprint density at radius 2 is 1.90 bits per heavy atom. The molecule has 0 fully saturated rings. The van der Waals surface area contributed by atoms with Crippen LogP contribution in [0.4, 0.5) is 0 Å². The van der Waals surface area contributed by atoms with Gasteiger partial charge in [-0.25, -0.2) is 4.79 Å². The summed E-state index contributed by atoms with van der Waals surface area (Å²) in [5.74, 6) is -0.271. The molecule has 3 heteroatoms. The Kier molecular flexibility index (Phi) is 4.51. The highest BCUT2D eigenvalue weighted by molar-refractivity contribution is 5.93. The van der Waals surface area contributed by atoms with Gasteiger partial charge in [-0.15, -0.1) is 0 Å². The Morgan fingerprint density at radius 1 is 1.20 bits per heavy atom. The van der Waals surface area contributed by atoms with E-state index in [1.807, 2.05) is 25.1 Å². The number of hydrogen-bond acceptors (Lipinski definition) is 3. The Balaban J connectivity index is 2.57. The van der Waals surface area contributed by atoms with E-state index in [9.17, 15) is 4.79 Å². The maximum atomic E-state index is 12.0. The fourth-order valence-corrected chi connectivity index (χ4v) is 2.40. The quantitative estimate of drug-likeness (QED) is 0.793. The molecule has 0 saturated carbocycles. The van der Waals surface area contributed by atoms with Crippen LogP contribution in [0.3, 0.4) is 0 Å². The van der Waals surface area contributed by atoms with Gasteiger partial charge in [-0.2, -0.15) is 0 Å². The van der Waals surface area contributed by atoms with Crippen molar-refractivity contribution in [2.75, 3.05) is 7.11 Å². The number of nitrogens with zero attached hydrogens (tertiary/aromatic N) is 1. The van der Waals surface area contributed by atoms with Gasteiger partial charge in [0.2, 0.25) is 0 Å². The number of carbonyl (C=O) groups excluding carboxylic acids is 1. The predicted molar refractivity (Wildman–Crippen MR) is 79.7 cm³/mol. The maximum absolute atomic E-state index is 12.0. The number of benzene rings is 1. The van der Waals surface area contributed by atoms with Crippen molar-refractivity contribution in [2.24, 2.45) is 0 Å². The monoisotopic (exact) mass is 269 g/mol. The van der Waals surface area contributed by atoms with Gasteiger partial charge >= 0.3 is 5.97 Å². The molecule has 0 radical (unpaired) electrons. The van der Waals surface area contributed by atoms with Crippen LogP contribution >= 0.6 is 0 Å². The van der Waals surface area contributed by atoms with Crippen LogP contribution in [0, 0.1) is 6.92 Å². The van der Waals surface area contributed by atoms with Crippen LogP contribution in [-0.4, -0.2) is 18.1 Å². The van der Waals surface area contributed by atoms with E-state index in [1.54, 1.807) is 12.4 Å². The third-order valence-electron chi connectivity index (χ3n) is 3.39. The van der Waals surface area contributed by atoms with E-state index >= 15 is 0 Å². The molecular weight excluding hydrogens is 250 g/mol. The first-order valence-electron chi connectivity index (χ1n) is 6.79. The van der Waals surface area contributed by atoms with Crippen LogP contribution in [0.25, 0.3) is 11.1 Å². The van der Waals surface area contributed by atoms with Gasteiger partial charge in [-0.05, 0) is 53.8 Å². The minimum absolute atomic E-state index is 0.271. The lowest BCUT2D eigenvalue weighted by Gasteiger charge is -2.13. The Labute approximate surface area is 119 Å². The zero-order valence-electron chi connectivity index (χ0n) is 12.1. The summed E-state index contributed by atoms with van der Waals surface area (Å²) >= 11 is 0. The van der Waals surface area contributed by atoms with Crippen molar-refractivity contribution in [1.82, 2.24) is 4.98 Å². The molecule has 104 valence electrons. The highest BCUT2D eigenvalue weighted by atomic mass is 16.5. The number of esters is 1. The van der Waals surface area contributed by atoms with Crippen molar-refractivity contribution in [3.05, 3.63) is 53.3 Å². The molecule has 3 nitrogen and oxygen atoms in total. The van der Waals surface area contributed by atoms with Crippen LogP contribution in [0.15, 0.2) is 36.7 Å². The molecule has 0 spiro atoms. The molecule has 2 aromatic rings. The van der Waals surface area contributed by atoms with Crippen LogP contribution in [-0.2, 0) is 11.2 Å². The van der Waals surface area contributed by atoms with Crippen molar-refractivity contribution in [3.63, 3.8) is 0 Å². The number of aromatic nitrogens is 1. The van der Waals surface area contributed by atoms with Gasteiger partial charge in [0, 0.05) is 12.4 Å². The zero-order valence-corrected chi connectivity index (χ0v) is 12.1. The molecule has 0 bridgehead atoms. The van der Waals surface area contributed by atoms with Gasteiger partial charge in [-0.3, -0.25) is 4.98 Å². The molecule has 1 aromatic carbocycles. The van der Waals surface area contributed by atoms with Crippen LogP contribution in [0.1, 0.15) is 34.8 Å². The molecule has 0 unspecified atom stereocenters. The number of carbonyl (C=O) groups is 1. The van der Waals surface area contributed by atoms with E-state index in [4.69, 9.17) is 4.74 Å². The summed E-state index contributed by atoms with van der Waals surface area (Å²) in [4.78, 5) is 16.0. The van der Waals surface area contributed by atoms with E-state index in [1.165, 1.54) is 7.11 Å². The molecule has 0 N–H and O–H groups in total. The third kappa shape index (κ3) is 2.87. The van der Waals surface area contributed by atoms with Crippen molar-refractivity contribution < 1.29 is 9.53 Å². The van der Waals surface area contributed by atoms with E-state index in [2.05, 4.69) is 18.0 Å². The lowest BCUT2D eigenvalue weighted by molar-refractivity contribution is 0.0599. The first-order valence-corrected chi connectivity index (χ1v) is 6.79.